The monoisotopic (exact) mass is 325 g/mol. The summed E-state index contributed by atoms with van der Waals surface area (Å²) in [6.07, 6.45) is 0.755. The molecule has 2 aromatic rings. The number of halogens is 3. The molecule has 0 saturated carbocycles. The van der Waals surface area contributed by atoms with Gasteiger partial charge in [0.15, 0.2) is 0 Å². The molecule has 0 aliphatic carbocycles. The Morgan fingerprint density at radius 2 is 1.82 bits per heavy atom. The van der Waals surface area contributed by atoms with Gasteiger partial charge in [-0.15, -0.1) is 0 Å². The van der Waals surface area contributed by atoms with E-state index >= 15 is 0 Å². The van der Waals surface area contributed by atoms with Crippen molar-refractivity contribution in [3.8, 4) is 5.75 Å². The first-order chi connectivity index (χ1) is 10.5. The van der Waals surface area contributed by atoms with Crippen LogP contribution in [0.3, 0.4) is 0 Å². The summed E-state index contributed by atoms with van der Waals surface area (Å²) in [7, 11) is 0. The van der Waals surface area contributed by atoms with Crippen molar-refractivity contribution < 1.29 is 18.3 Å². The summed E-state index contributed by atoms with van der Waals surface area (Å²) in [6, 6.07) is 13.3. The number of hydrogen-bond donors (Lipinski definition) is 1. The van der Waals surface area contributed by atoms with Gasteiger partial charge < -0.3 is 10.1 Å². The Balaban J connectivity index is 1.93. The quantitative estimate of drug-likeness (QED) is 0.848. The third-order valence-corrected chi connectivity index (χ3v) is 3.18. The maximum Gasteiger partial charge on any atom is 0.387 e. The Labute approximate surface area is 131 Å². The fourth-order valence-electron chi connectivity index (χ4n) is 1.89. The maximum absolute atomic E-state index is 12.3. The highest BCUT2D eigenvalue weighted by molar-refractivity contribution is 6.30. The van der Waals surface area contributed by atoms with Crippen LogP contribution in [0.1, 0.15) is 12.0 Å². The number of amides is 1. The molecule has 2 aromatic carbocycles. The maximum atomic E-state index is 12.3. The highest BCUT2D eigenvalue weighted by Gasteiger charge is 2.11. The summed E-state index contributed by atoms with van der Waals surface area (Å²) in [4.78, 5) is 11.9. The average molecular weight is 326 g/mol. The zero-order valence-electron chi connectivity index (χ0n) is 11.6. The second kappa shape index (κ2) is 7.75. The number of para-hydroxylation sites is 2. The van der Waals surface area contributed by atoms with Crippen LogP contribution >= 0.6 is 11.6 Å². The average Bonchev–Trinajstić information content (AvgIpc) is 2.48. The molecule has 1 N–H and O–H groups in total. The number of benzene rings is 2. The van der Waals surface area contributed by atoms with E-state index in [2.05, 4.69) is 10.1 Å². The standard InChI is InChI=1S/C16H14ClF2NO2/c17-12-8-5-11(6-9-12)7-10-15(21)20-13-3-1-2-4-14(13)22-16(18)19/h1-6,8-9,16H,7,10H2,(H,20,21). The number of carbonyl (C=O) groups excluding carboxylic acids is 1. The fraction of sp³-hybridized carbons (Fsp3) is 0.188. The van der Waals surface area contributed by atoms with Gasteiger partial charge in [-0.2, -0.15) is 8.78 Å². The lowest BCUT2D eigenvalue weighted by Crippen LogP contribution is -2.14. The molecule has 0 radical (unpaired) electrons. The molecule has 116 valence electrons. The summed E-state index contributed by atoms with van der Waals surface area (Å²) in [5.74, 6) is -0.336. The molecule has 22 heavy (non-hydrogen) atoms. The molecule has 0 fully saturated rings. The van der Waals surface area contributed by atoms with E-state index in [4.69, 9.17) is 11.6 Å². The molecule has 1 amide bonds. The highest BCUT2D eigenvalue weighted by atomic mass is 35.5. The number of carbonyl (C=O) groups is 1. The molecule has 0 unspecified atom stereocenters. The van der Waals surface area contributed by atoms with Crippen LogP contribution in [0.4, 0.5) is 14.5 Å². The van der Waals surface area contributed by atoms with E-state index in [1.807, 2.05) is 12.1 Å². The molecule has 6 heteroatoms. The van der Waals surface area contributed by atoms with Crippen LogP contribution in [0.25, 0.3) is 0 Å². The molecular weight excluding hydrogens is 312 g/mol. The molecule has 3 nitrogen and oxygen atoms in total. The van der Waals surface area contributed by atoms with Crippen molar-refractivity contribution in [1.82, 2.24) is 0 Å². The van der Waals surface area contributed by atoms with Crippen LogP contribution in [0.5, 0.6) is 5.75 Å². The number of aryl methyl sites for hydroxylation is 1. The van der Waals surface area contributed by atoms with Gasteiger partial charge in [0.2, 0.25) is 5.91 Å². The van der Waals surface area contributed by atoms with Crippen molar-refractivity contribution in [2.45, 2.75) is 19.5 Å². The first kappa shape index (κ1) is 16.2. The number of hydrogen-bond acceptors (Lipinski definition) is 2. The molecule has 0 atom stereocenters. The first-order valence-corrected chi connectivity index (χ1v) is 7.00. The van der Waals surface area contributed by atoms with Crippen LogP contribution in [0, 0.1) is 0 Å². The van der Waals surface area contributed by atoms with Gasteiger partial charge in [0.25, 0.3) is 0 Å². The van der Waals surface area contributed by atoms with Gasteiger partial charge in [-0.3, -0.25) is 4.79 Å². The van der Waals surface area contributed by atoms with Crippen molar-refractivity contribution in [3.05, 3.63) is 59.1 Å². The number of alkyl halides is 2. The van der Waals surface area contributed by atoms with Crippen molar-refractivity contribution >= 4 is 23.2 Å². The van der Waals surface area contributed by atoms with E-state index in [-0.39, 0.29) is 23.8 Å². The Bertz CT molecular complexity index is 632. The summed E-state index contributed by atoms with van der Waals surface area (Å²) >= 11 is 5.79. The molecule has 0 aliphatic heterocycles. The predicted molar refractivity (Wildman–Crippen MR) is 81.5 cm³/mol. The van der Waals surface area contributed by atoms with Gasteiger partial charge in [-0.05, 0) is 36.2 Å². The lowest BCUT2D eigenvalue weighted by molar-refractivity contribution is -0.116. The summed E-state index contributed by atoms with van der Waals surface area (Å²) < 4.78 is 28.9. The van der Waals surface area contributed by atoms with E-state index in [1.54, 1.807) is 24.3 Å². The van der Waals surface area contributed by atoms with E-state index < -0.39 is 6.61 Å². The minimum atomic E-state index is -2.94. The summed E-state index contributed by atoms with van der Waals surface area (Å²) in [6.45, 7) is -2.94. The Morgan fingerprint density at radius 3 is 2.50 bits per heavy atom. The van der Waals surface area contributed by atoms with Gasteiger partial charge in [-0.1, -0.05) is 35.9 Å². The van der Waals surface area contributed by atoms with Crippen molar-refractivity contribution in [3.63, 3.8) is 0 Å². The molecular formula is C16H14ClF2NO2. The van der Waals surface area contributed by atoms with E-state index in [0.29, 0.717) is 11.4 Å². The van der Waals surface area contributed by atoms with Crippen molar-refractivity contribution in [2.24, 2.45) is 0 Å². The molecule has 0 spiro atoms. The number of rotatable bonds is 6. The molecule has 0 bridgehead atoms. The van der Waals surface area contributed by atoms with Gasteiger partial charge >= 0.3 is 6.61 Å². The SMILES string of the molecule is O=C(CCc1ccc(Cl)cc1)Nc1ccccc1OC(F)F. The number of nitrogens with one attached hydrogen (secondary N) is 1. The van der Waals surface area contributed by atoms with Crippen molar-refractivity contribution in [1.29, 1.82) is 0 Å². The number of anilines is 1. The number of ether oxygens (including phenoxy) is 1. The van der Waals surface area contributed by atoms with E-state index in [1.165, 1.54) is 12.1 Å². The van der Waals surface area contributed by atoms with Gasteiger partial charge in [0.05, 0.1) is 5.69 Å². The Morgan fingerprint density at radius 1 is 1.14 bits per heavy atom. The normalized spacial score (nSPS) is 10.5. The Hall–Kier alpha value is -2.14. The molecule has 0 saturated heterocycles. The smallest absolute Gasteiger partial charge is 0.387 e. The van der Waals surface area contributed by atoms with Crippen LogP contribution < -0.4 is 10.1 Å². The highest BCUT2D eigenvalue weighted by Crippen LogP contribution is 2.25. The van der Waals surface area contributed by atoms with Gasteiger partial charge in [0.1, 0.15) is 5.75 Å². The summed E-state index contributed by atoms with van der Waals surface area (Å²) in [5, 5.41) is 3.20. The minimum absolute atomic E-state index is 0.0580. The second-order valence-electron chi connectivity index (χ2n) is 4.55. The first-order valence-electron chi connectivity index (χ1n) is 6.63. The van der Waals surface area contributed by atoms with Crippen molar-refractivity contribution in [2.75, 3.05) is 5.32 Å². The lowest BCUT2D eigenvalue weighted by atomic mass is 10.1. The van der Waals surface area contributed by atoms with Gasteiger partial charge in [-0.25, -0.2) is 0 Å². The third-order valence-electron chi connectivity index (χ3n) is 2.93. The minimum Gasteiger partial charge on any atom is -0.433 e. The molecule has 0 aromatic heterocycles. The predicted octanol–water partition coefficient (Wildman–Crippen LogP) is 4.51. The molecule has 0 aliphatic rings. The fourth-order valence-corrected chi connectivity index (χ4v) is 2.02. The Kier molecular flexibility index (Phi) is 5.72. The topological polar surface area (TPSA) is 38.3 Å². The lowest BCUT2D eigenvalue weighted by Gasteiger charge is -2.11. The third kappa shape index (κ3) is 5.00. The van der Waals surface area contributed by atoms with E-state index in [9.17, 15) is 13.6 Å². The van der Waals surface area contributed by atoms with Crippen LogP contribution in [0.2, 0.25) is 5.02 Å². The van der Waals surface area contributed by atoms with Crippen LogP contribution in [-0.2, 0) is 11.2 Å². The van der Waals surface area contributed by atoms with E-state index in [0.717, 1.165) is 5.56 Å². The molecule has 2 rings (SSSR count). The second-order valence-corrected chi connectivity index (χ2v) is 4.99. The van der Waals surface area contributed by atoms with Crippen LogP contribution in [-0.4, -0.2) is 12.5 Å². The largest absolute Gasteiger partial charge is 0.433 e. The zero-order valence-corrected chi connectivity index (χ0v) is 12.3. The summed E-state index contributed by atoms with van der Waals surface area (Å²) in [5.41, 5.74) is 1.19. The van der Waals surface area contributed by atoms with Crippen LogP contribution in [0.15, 0.2) is 48.5 Å². The molecule has 0 heterocycles. The zero-order chi connectivity index (χ0) is 15.9. The van der Waals surface area contributed by atoms with Gasteiger partial charge in [0, 0.05) is 11.4 Å².